The van der Waals surface area contributed by atoms with Gasteiger partial charge < -0.3 is 9.47 Å². The number of methoxy groups -OCH3 is 2. The summed E-state index contributed by atoms with van der Waals surface area (Å²) in [6.07, 6.45) is 1.69. The summed E-state index contributed by atoms with van der Waals surface area (Å²) in [5, 5.41) is 0. The summed E-state index contributed by atoms with van der Waals surface area (Å²) in [7, 11) is 3.10. The number of aryl methyl sites for hydroxylation is 2. The zero-order valence-electron chi connectivity index (χ0n) is 12.1. The van der Waals surface area contributed by atoms with Gasteiger partial charge >= 0.3 is 0 Å². The molecule has 0 saturated carbocycles. The van der Waals surface area contributed by atoms with E-state index in [1.807, 2.05) is 19.9 Å². The van der Waals surface area contributed by atoms with E-state index in [4.69, 9.17) is 9.47 Å². The molecule has 1 aromatic heterocycles. The van der Waals surface area contributed by atoms with E-state index in [-0.39, 0.29) is 5.78 Å². The van der Waals surface area contributed by atoms with E-state index in [0.717, 1.165) is 11.1 Å². The number of ketones is 1. The number of nitrogens with zero attached hydrogens (tertiary/aromatic N) is 1. The van der Waals surface area contributed by atoms with Crippen LogP contribution >= 0.6 is 0 Å². The van der Waals surface area contributed by atoms with Crippen molar-refractivity contribution in [1.29, 1.82) is 0 Å². The molecule has 2 rings (SSSR count). The van der Waals surface area contributed by atoms with E-state index in [2.05, 4.69) is 4.98 Å². The smallest absolute Gasteiger partial charge is 0.215 e. The molecule has 0 radical (unpaired) electrons. The monoisotopic (exact) mass is 271 g/mol. The largest absolute Gasteiger partial charge is 0.497 e. The first kappa shape index (κ1) is 14.1. The van der Waals surface area contributed by atoms with Crippen LogP contribution in [-0.2, 0) is 0 Å². The van der Waals surface area contributed by atoms with Gasteiger partial charge in [0.2, 0.25) is 5.78 Å². The highest BCUT2D eigenvalue weighted by atomic mass is 16.5. The SMILES string of the molecule is COc1ccc(OC)c(C(=O)c2ncc(C)cc2C)c1. The highest BCUT2D eigenvalue weighted by Gasteiger charge is 2.18. The van der Waals surface area contributed by atoms with Crippen LogP contribution < -0.4 is 9.47 Å². The van der Waals surface area contributed by atoms with E-state index >= 15 is 0 Å². The maximum atomic E-state index is 12.6. The fourth-order valence-electron chi connectivity index (χ4n) is 2.07. The molecule has 4 nitrogen and oxygen atoms in total. The number of hydrogen-bond acceptors (Lipinski definition) is 4. The molecule has 0 fully saturated rings. The quantitative estimate of drug-likeness (QED) is 0.802. The number of benzene rings is 1. The first-order valence-corrected chi connectivity index (χ1v) is 6.26. The Balaban J connectivity index is 2.51. The van der Waals surface area contributed by atoms with Crippen LogP contribution in [0.15, 0.2) is 30.5 Å². The summed E-state index contributed by atoms with van der Waals surface area (Å²) < 4.78 is 10.4. The van der Waals surface area contributed by atoms with Gasteiger partial charge in [-0.15, -0.1) is 0 Å². The van der Waals surface area contributed by atoms with Crippen molar-refractivity contribution < 1.29 is 14.3 Å². The Morgan fingerprint density at radius 3 is 2.45 bits per heavy atom. The van der Waals surface area contributed by atoms with Crippen LogP contribution in [-0.4, -0.2) is 25.0 Å². The van der Waals surface area contributed by atoms with Crippen LogP contribution in [0, 0.1) is 13.8 Å². The van der Waals surface area contributed by atoms with Crippen molar-refractivity contribution in [1.82, 2.24) is 4.98 Å². The molecule has 2 aromatic rings. The Morgan fingerprint density at radius 1 is 1.10 bits per heavy atom. The molecular formula is C16H17NO3. The van der Waals surface area contributed by atoms with Crippen molar-refractivity contribution in [2.24, 2.45) is 0 Å². The van der Waals surface area contributed by atoms with Gasteiger partial charge in [-0.1, -0.05) is 6.07 Å². The highest BCUT2D eigenvalue weighted by Crippen LogP contribution is 2.26. The predicted molar refractivity (Wildman–Crippen MR) is 76.7 cm³/mol. The van der Waals surface area contributed by atoms with Crippen LogP contribution in [0.3, 0.4) is 0 Å². The van der Waals surface area contributed by atoms with Crippen LogP contribution in [0.2, 0.25) is 0 Å². The second kappa shape index (κ2) is 5.74. The van der Waals surface area contributed by atoms with Gasteiger partial charge in [-0.3, -0.25) is 9.78 Å². The van der Waals surface area contributed by atoms with Crippen LogP contribution in [0.25, 0.3) is 0 Å². The van der Waals surface area contributed by atoms with Gasteiger partial charge in [-0.05, 0) is 43.2 Å². The molecule has 0 aliphatic carbocycles. The third-order valence-electron chi connectivity index (χ3n) is 3.08. The van der Waals surface area contributed by atoms with Gasteiger partial charge in [-0.25, -0.2) is 0 Å². The number of aromatic nitrogens is 1. The molecule has 0 saturated heterocycles. The number of ether oxygens (including phenoxy) is 2. The van der Waals surface area contributed by atoms with Crippen molar-refractivity contribution in [3.8, 4) is 11.5 Å². The first-order chi connectivity index (χ1) is 9.56. The minimum absolute atomic E-state index is 0.168. The maximum Gasteiger partial charge on any atom is 0.215 e. The van der Waals surface area contributed by atoms with Crippen molar-refractivity contribution >= 4 is 5.78 Å². The van der Waals surface area contributed by atoms with Gasteiger partial charge in [-0.2, -0.15) is 0 Å². The van der Waals surface area contributed by atoms with Gasteiger partial charge in [0.15, 0.2) is 0 Å². The summed E-state index contributed by atoms with van der Waals surface area (Å²) in [6.45, 7) is 3.82. The molecule has 0 aliphatic heterocycles. The number of hydrogen-bond donors (Lipinski definition) is 0. The Kier molecular flexibility index (Phi) is 4.03. The van der Waals surface area contributed by atoms with E-state index in [0.29, 0.717) is 22.8 Å². The van der Waals surface area contributed by atoms with Crippen molar-refractivity contribution in [3.05, 3.63) is 52.8 Å². The molecule has 0 atom stereocenters. The lowest BCUT2D eigenvalue weighted by molar-refractivity contribution is 0.103. The first-order valence-electron chi connectivity index (χ1n) is 6.26. The Bertz CT molecular complexity index is 650. The van der Waals surface area contributed by atoms with Crippen LogP contribution in [0.5, 0.6) is 11.5 Å². The maximum absolute atomic E-state index is 12.6. The average molecular weight is 271 g/mol. The Morgan fingerprint density at radius 2 is 1.85 bits per heavy atom. The van der Waals surface area contributed by atoms with Gasteiger partial charge in [0, 0.05) is 6.20 Å². The highest BCUT2D eigenvalue weighted by molar-refractivity contribution is 6.10. The van der Waals surface area contributed by atoms with Gasteiger partial charge in [0.1, 0.15) is 17.2 Å². The summed E-state index contributed by atoms with van der Waals surface area (Å²) in [5.74, 6) is 0.953. The summed E-state index contributed by atoms with van der Waals surface area (Å²) in [5.41, 5.74) is 2.75. The van der Waals surface area contributed by atoms with E-state index in [9.17, 15) is 4.79 Å². The summed E-state index contributed by atoms with van der Waals surface area (Å²) in [6, 6.07) is 7.08. The Labute approximate surface area is 118 Å². The van der Waals surface area contributed by atoms with Crippen LogP contribution in [0.1, 0.15) is 27.2 Å². The normalized spacial score (nSPS) is 10.2. The van der Waals surface area contributed by atoms with Crippen LogP contribution in [0.4, 0.5) is 0 Å². The number of rotatable bonds is 4. The molecule has 0 aliphatic rings. The summed E-state index contributed by atoms with van der Waals surface area (Å²) in [4.78, 5) is 16.9. The van der Waals surface area contributed by atoms with Gasteiger partial charge in [0.05, 0.1) is 19.8 Å². The molecule has 20 heavy (non-hydrogen) atoms. The molecule has 1 heterocycles. The fourth-order valence-corrected chi connectivity index (χ4v) is 2.07. The lowest BCUT2D eigenvalue weighted by Crippen LogP contribution is -2.09. The number of carbonyl (C=O) groups is 1. The molecule has 104 valence electrons. The Hall–Kier alpha value is -2.36. The molecule has 1 aromatic carbocycles. The van der Waals surface area contributed by atoms with E-state index in [1.165, 1.54) is 7.11 Å². The lowest BCUT2D eigenvalue weighted by Gasteiger charge is -2.10. The molecule has 4 heteroatoms. The third-order valence-corrected chi connectivity index (χ3v) is 3.08. The minimum atomic E-state index is -0.168. The molecule has 0 unspecified atom stereocenters. The summed E-state index contributed by atoms with van der Waals surface area (Å²) >= 11 is 0. The van der Waals surface area contributed by atoms with Crippen molar-refractivity contribution in [2.75, 3.05) is 14.2 Å². The predicted octanol–water partition coefficient (Wildman–Crippen LogP) is 2.95. The van der Waals surface area contributed by atoms with Crippen molar-refractivity contribution in [2.45, 2.75) is 13.8 Å². The van der Waals surface area contributed by atoms with E-state index in [1.54, 1.807) is 31.5 Å². The second-order valence-electron chi connectivity index (χ2n) is 4.57. The van der Waals surface area contributed by atoms with Crippen molar-refractivity contribution in [3.63, 3.8) is 0 Å². The standard InChI is InChI=1S/C16H17NO3/c1-10-7-11(2)15(17-9-10)16(18)13-8-12(19-3)5-6-14(13)20-4/h5-9H,1-4H3. The molecule has 0 spiro atoms. The molecular weight excluding hydrogens is 254 g/mol. The second-order valence-corrected chi connectivity index (χ2v) is 4.57. The lowest BCUT2D eigenvalue weighted by atomic mass is 10.0. The zero-order chi connectivity index (χ0) is 14.7. The minimum Gasteiger partial charge on any atom is -0.497 e. The van der Waals surface area contributed by atoms with E-state index < -0.39 is 0 Å². The fraction of sp³-hybridized carbons (Fsp3) is 0.250. The molecule has 0 bridgehead atoms. The zero-order valence-corrected chi connectivity index (χ0v) is 12.1. The topological polar surface area (TPSA) is 48.4 Å². The number of carbonyl (C=O) groups excluding carboxylic acids is 1. The third kappa shape index (κ3) is 2.64. The molecule has 0 amide bonds. The van der Waals surface area contributed by atoms with Gasteiger partial charge in [0.25, 0.3) is 0 Å². The average Bonchev–Trinajstić information content (AvgIpc) is 2.46. The number of pyridine rings is 1. The molecule has 0 N–H and O–H groups in total.